The summed E-state index contributed by atoms with van der Waals surface area (Å²) < 4.78 is 15.8. The lowest BCUT2D eigenvalue weighted by Crippen LogP contribution is -2.44. The SMILES string of the molecule is COc1cc(O)c(C(=O)/C=C/c2ccc(N3CCN(C)CC3)cc2)c(OC)c1OC. The second kappa shape index (κ2) is 9.54. The highest BCUT2D eigenvalue weighted by Gasteiger charge is 2.24. The molecule has 3 rings (SSSR count). The molecule has 2 aromatic carbocycles. The number of aromatic hydroxyl groups is 1. The van der Waals surface area contributed by atoms with Gasteiger partial charge in [-0.25, -0.2) is 0 Å². The fourth-order valence-corrected chi connectivity index (χ4v) is 3.50. The van der Waals surface area contributed by atoms with Crippen molar-refractivity contribution in [2.75, 3.05) is 59.5 Å². The molecule has 2 aromatic rings. The van der Waals surface area contributed by atoms with Crippen molar-refractivity contribution in [2.24, 2.45) is 0 Å². The number of phenolic OH excluding ortho intramolecular Hbond substituents is 1. The molecule has 0 atom stereocenters. The summed E-state index contributed by atoms with van der Waals surface area (Å²) in [6, 6.07) is 9.41. The Kier molecular flexibility index (Phi) is 6.84. The summed E-state index contributed by atoms with van der Waals surface area (Å²) in [5, 5.41) is 10.3. The van der Waals surface area contributed by atoms with Gasteiger partial charge in [-0.15, -0.1) is 0 Å². The highest BCUT2D eigenvalue weighted by Crippen LogP contribution is 2.44. The number of anilines is 1. The maximum absolute atomic E-state index is 12.8. The zero-order valence-corrected chi connectivity index (χ0v) is 17.8. The summed E-state index contributed by atoms with van der Waals surface area (Å²) in [5.41, 5.74) is 2.09. The quantitative estimate of drug-likeness (QED) is 0.554. The smallest absolute Gasteiger partial charge is 0.204 e. The summed E-state index contributed by atoms with van der Waals surface area (Å²) >= 11 is 0. The number of piperazine rings is 1. The Balaban J connectivity index is 1.79. The van der Waals surface area contributed by atoms with Gasteiger partial charge >= 0.3 is 0 Å². The van der Waals surface area contributed by atoms with Gasteiger partial charge in [0.05, 0.1) is 21.3 Å². The van der Waals surface area contributed by atoms with E-state index in [1.165, 1.54) is 39.2 Å². The van der Waals surface area contributed by atoms with Gasteiger partial charge in [-0.2, -0.15) is 0 Å². The number of benzene rings is 2. The second-order valence-electron chi connectivity index (χ2n) is 7.12. The van der Waals surface area contributed by atoms with Gasteiger partial charge in [0.15, 0.2) is 17.3 Å². The molecule has 1 aliphatic rings. The van der Waals surface area contributed by atoms with E-state index in [1.54, 1.807) is 6.08 Å². The third-order valence-corrected chi connectivity index (χ3v) is 5.24. The third-order valence-electron chi connectivity index (χ3n) is 5.24. The van der Waals surface area contributed by atoms with Crippen LogP contribution >= 0.6 is 0 Å². The van der Waals surface area contributed by atoms with Crippen molar-refractivity contribution in [3.63, 3.8) is 0 Å². The van der Waals surface area contributed by atoms with Crippen LogP contribution in [0.1, 0.15) is 15.9 Å². The molecule has 0 bridgehead atoms. The molecule has 0 radical (unpaired) electrons. The summed E-state index contributed by atoms with van der Waals surface area (Å²) in [7, 11) is 6.44. The molecule has 160 valence electrons. The van der Waals surface area contributed by atoms with Gasteiger partial charge in [0.1, 0.15) is 11.3 Å². The van der Waals surface area contributed by atoms with Crippen molar-refractivity contribution < 1.29 is 24.1 Å². The molecule has 0 spiro atoms. The fourth-order valence-electron chi connectivity index (χ4n) is 3.50. The molecule has 0 unspecified atom stereocenters. The van der Waals surface area contributed by atoms with E-state index in [9.17, 15) is 9.90 Å². The standard InChI is InChI=1S/C23H28N2O5/c1-24-11-13-25(14-12-24)17-8-5-16(6-9-17)7-10-18(26)21-19(27)15-20(28-2)22(29-3)23(21)30-4/h5-10,15,27H,11-14H2,1-4H3/b10-7+. The lowest BCUT2D eigenvalue weighted by atomic mass is 10.0. The van der Waals surface area contributed by atoms with E-state index in [4.69, 9.17) is 14.2 Å². The third kappa shape index (κ3) is 4.52. The molecular weight excluding hydrogens is 384 g/mol. The lowest BCUT2D eigenvalue weighted by Gasteiger charge is -2.34. The Morgan fingerprint density at radius 1 is 0.967 bits per heavy atom. The number of phenols is 1. The number of rotatable bonds is 7. The molecule has 7 nitrogen and oxygen atoms in total. The lowest BCUT2D eigenvalue weighted by molar-refractivity contribution is 0.104. The molecule has 0 aromatic heterocycles. The van der Waals surface area contributed by atoms with Crippen molar-refractivity contribution in [2.45, 2.75) is 0 Å². The number of likely N-dealkylation sites (N-methyl/N-ethyl adjacent to an activating group) is 1. The zero-order valence-electron chi connectivity index (χ0n) is 17.8. The van der Waals surface area contributed by atoms with E-state index in [0.29, 0.717) is 0 Å². The predicted octanol–water partition coefficient (Wildman–Crippen LogP) is 3.07. The number of methoxy groups -OCH3 is 3. The maximum atomic E-state index is 12.8. The summed E-state index contributed by atoms with van der Waals surface area (Å²) in [5.74, 6) is 0.0466. The number of allylic oxidation sites excluding steroid dienone is 1. The molecule has 1 aliphatic heterocycles. The second-order valence-corrected chi connectivity index (χ2v) is 7.12. The number of ether oxygens (including phenoxy) is 3. The van der Waals surface area contributed by atoms with Crippen molar-refractivity contribution in [3.05, 3.63) is 47.5 Å². The highest BCUT2D eigenvalue weighted by molar-refractivity contribution is 6.11. The zero-order chi connectivity index (χ0) is 21.7. The summed E-state index contributed by atoms with van der Waals surface area (Å²) in [4.78, 5) is 17.5. The topological polar surface area (TPSA) is 71.5 Å². The van der Waals surface area contributed by atoms with Crippen molar-refractivity contribution >= 4 is 17.5 Å². The largest absolute Gasteiger partial charge is 0.507 e. The maximum Gasteiger partial charge on any atom is 0.204 e. The summed E-state index contributed by atoms with van der Waals surface area (Å²) in [6.07, 6.45) is 3.13. The van der Waals surface area contributed by atoms with Crippen LogP contribution in [0.4, 0.5) is 5.69 Å². The van der Waals surface area contributed by atoms with Gasteiger partial charge in [0.25, 0.3) is 0 Å². The molecule has 1 heterocycles. The minimum atomic E-state index is -0.395. The number of hydrogen-bond acceptors (Lipinski definition) is 7. The first-order chi connectivity index (χ1) is 14.5. The van der Waals surface area contributed by atoms with Gasteiger partial charge < -0.3 is 29.1 Å². The molecule has 1 N–H and O–H groups in total. The van der Waals surface area contributed by atoms with Crippen molar-refractivity contribution in [3.8, 4) is 23.0 Å². The first-order valence-electron chi connectivity index (χ1n) is 9.76. The van der Waals surface area contributed by atoms with Gasteiger partial charge in [-0.1, -0.05) is 18.2 Å². The van der Waals surface area contributed by atoms with Gasteiger partial charge in [0.2, 0.25) is 5.75 Å². The summed E-state index contributed by atoms with van der Waals surface area (Å²) in [6.45, 7) is 4.10. The predicted molar refractivity (Wildman–Crippen MR) is 117 cm³/mol. The number of hydrogen-bond donors (Lipinski definition) is 1. The Hall–Kier alpha value is -3.19. The minimum Gasteiger partial charge on any atom is -0.507 e. The van der Waals surface area contributed by atoms with Crippen LogP contribution in [0.15, 0.2) is 36.4 Å². The molecule has 0 saturated carbocycles. The van der Waals surface area contributed by atoms with Crippen LogP contribution < -0.4 is 19.1 Å². The van der Waals surface area contributed by atoms with Crippen LogP contribution in [0.25, 0.3) is 6.08 Å². The molecule has 0 amide bonds. The monoisotopic (exact) mass is 412 g/mol. The Labute approximate surface area is 177 Å². The molecule has 7 heteroatoms. The molecule has 1 saturated heterocycles. The van der Waals surface area contributed by atoms with Crippen LogP contribution in [0.5, 0.6) is 23.0 Å². The van der Waals surface area contributed by atoms with E-state index in [2.05, 4.69) is 29.0 Å². The van der Waals surface area contributed by atoms with E-state index < -0.39 is 5.78 Å². The normalized spacial score (nSPS) is 14.7. The number of ketones is 1. The van der Waals surface area contributed by atoms with Crippen LogP contribution in [-0.2, 0) is 0 Å². The first-order valence-corrected chi connectivity index (χ1v) is 9.76. The first kappa shape index (κ1) is 21.5. The Morgan fingerprint density at radius 2 is 1.60 bits per heavy atom. The molecular formula is C23H28N2O5. The minimum absolute atomic E-state index is 0.0282. The van der Waals surface area contributed by atoms with E-state index in [1.807, 2.05) is 12.1 Å². The molecule has 1 fully saturated rings. The van der Waals surface area contributed by atoms with Crippen molar-refractivity contribution in [1.29, 1.82) is 0 Å². The van der Waals surface area contributed by atoms with Gasteiger partial charge in [-0.3, -0.25) is 4.79 Å². The highest BCUT2D eigenvalue weighted by atomic mass is 16.5. The van der Waals surface area contributed by atoms with Gasteiger partial charge in [-0.05, 0) is 30.8 Å². The van der Waals surface area contributed by atoms with Crippen LogP contribution in [-0.4, -0.2) is 70.3 Å². The average molecular weight is 412 g/mol. The Morgan fingerprint density at radius 3 is 2.17 bits per heavy atom. The van der Waals surface area contributed by atoms with Crippen molar-refractivity contribution in [1.82, 2.24) is 4.90 Å². The number of nitrogens with zero attached hydrogens (tertiary/aromatic N) is 2. The number of carbonyl (C=O) groups excluding carboxylic acids is 1. The van der Waals surface area contributed by atoms with Gasteiger partial charge in [0, 0.05) is 37.9 Å². The van der Waals surface area contributed by atoms with E-state index >= 15 is 0 Å². The van der Waals surface area contributed by atoms with Crippen LogP contribution in [0.3, 0.4) is 0 Å². The van der Waals surface area contributed by atoms with E-state index in [-0.39, 0.29) is 28.6 Å². The molecule has 30 heavy (non-hydrogen) atoms. The van der Waals surface area contributed by atoms with Crippen LogP contribution in [0, 0.1) is 0 Å². The number of carbonyl (C=O) groups is 1. The Bertz CT molecular complexity index is 916. The fraction of sp³-hybridized carbons (Fsp3) is 0.348. The average Bonchev–Trinajstić information content (AvgIpc) is 2.77. The molecule has 0 aliphatic carbocycles. The van der Waals surface area contributed by atoms with Crippen LogP contribution in [0.2, 0.25) is 0 Å². The van der Waals surface area contributed by atoms with E-state index in [0.717, 1.165) is 31.7 Å².